The van der Waals surface area contributed by atoms with Gasteiger partial charge >= 0.3 is 0 Å². The zero-order valence-corrected chi connectivity index (χ0v) is 18.8. The molecule has 5 rings (SSSR count). The molecule has 1 aromatic carbocycles. The van der Waals surface area contributed by atoms with Gasteiger partial charge in [0.25, 0.3) is 5.56 Å². The van der Waals surface area contributed by atoms with Crippen LogP contribution >= 0.6 is 11.3 Å². The highest BCUT2D eigenvalue weighted by atomic mass is 32.1. The monoisotopic (exact) mass is 472 g/mol. The van der Waals surface area contributed by atoms with Crippen molar-refractivity contribution in [3.8, 4) is 10.6 Å². The molecule has 0 amide bonds. The molecule has 1 aliphatic heterocycles. The average molecular weight is 473 g/mol. The number of nitrogens with zero attached hydrogens (tertiary/aromatic N) is 2. The molecule has 10 nitrogen and oxygen atoms in total. The third kappa shape index (κ3) is 4.46. The van der Waals surface area contributed by atoms with Crippen LogP contribution in [0.5, 0.6) is 0 Å². The van der Waals surface area contributed by atoms with Crippen molar-refractivity contribution < 1.29 is 15.3 Å². The maximum Gasteiger partial charge on any atom is 0.264 e. The molecule has 3 aromatic rings. The molecule has 5 atom stereocenters. The van der Waals surface area contributed by atoms with Gasteiger partial charge in [-0.2, -0.15) is 4.98 Å². The fraction of sp³-hybridized carbons (Fsp3) is 0.500. The second-order valence-corrected chi connectivity index (χ2v) is 9.75. The van der Waals surface area contributed by atoms with Crippen molar-refractivity contribution in [2.75, 3.05) is 30.3 Å². The molecule has 1 saturated carbocycles. The van der Waals surface area contributed by atoms with Crippen molar-refractivity contribution in [2.45, 2.75) is 43.6 Å². The Hall–Kier alpha value is -2.57. The molecule has 1 saturated heterocycles. The van der Waals surface area contributed by atoms with Crippen LogP contribution in [0.4, 0.5) is 11.8 Å². The summed E-state index contributed by atoms with van der Waals surface area (Å²) < 4.78 is 0.949. The van der Waals surface area contributed by atoms with E-state index in [1.807, 2.05) is 24.3 Å². The standard InChI is InChI=1S/C22H28N6O4S/c29-10-11-8-14(18(31)17(11)30)25-19-16(21-26-13-5-1-2-6-15(13)33-21)20(32)28-22(27-19)24-12-4-3-7-23-9-12/h1-2,5-6,11-12,14,17-18,23,29-31H,3-4,7-10H2,(H3,24,25,27,28,32)/t11-,12+,14-,17-,18+/m1/s1. The minimum atomic E-state index is -1.09. The third-order valence-electron chi connectivity index (χ3n) is 6.42. The number of hydrogen-bond donors (Lipinski definition) is 7. The number of aromatic amines is 1. The van der Waals surface area contributed by atoms with Gasteiger partial charge < -0.3 is 31.3 Å². The van der Waals surface area contributed by atoms with Crippen molar-refractivity contribution in [3.05, 3.63) is 34.6 Å². The van der Waals surface area contributed by atoms with Crippen LogP contribution in [0.25, 0.3) is 20.8 Å². The van der Waals surface area contributed by atoms with E-state index in [2.05, 4.69) is 30.9 Å². The van der Waals surface area contributed by atoms with Gasteiger partial charge in [-0.05, 0) is 37.9 Å². The first-order valence-electron chi connectivity index (χ1n) is 11.2. The highest BCUT2D eigenvalue weighted by Crippen LogP contribution is 2.34. The summed E-state index contributed by atoms with van der Waals surface area (Å²) in [6.07, 6.45) is 0.204. The topological polar surface area (TPSA) is 155 Å². The molecule has 7 N–H and O–H groups in total. The van der Waals surface area contributed by atoms with Crippen LogP contribution in [0.3, 0.4) is 0 Å². The molecule has 176 valence electrons. The average Bonchev–Trinajstić information content (AvgIpc) is 3.35. The zero-order chi connectivity index (χ0) is 22.9. The van der Waals surface area contributed by atoms with Crippen LogP contribution < -0.4 is 21.5 Å². The Labute approximate surface area is 194 Å². The Kier molecular flexibility index (Phi) is 6.30. The number of fused-ring (bicyclic) bond motifs is 1. The minimum absolute atomic E-state index is 0.140. The van der Waals surface area contributed by atoms with Gasteiger partial charge in [-0.25, -0.2) is 4.98 Å². The van der Waals surface area contributed by atoms with Crippen LogP contribution in [0.2, 0.25) is 0 Å². The lowest BCUT2D eigenvalue weighted by molar-refractivity contribution is 0.00446. The normalized spacial score (nSPS) is 27.7. The number of aliphatic hydroxyl groups excluding tert-OH is 3. The molecule has 33 heavy (non-hydrogen) atoms. The van der Waals surface area contributed by atoms with Gasteiger partial charge in [-0.15, -0.1) is 11.3 Å². The van der Waals surface area contributed by atoms with Crippen LogP contribution in [-0.2, 0) is 0 Å². The second-order valence-electron chi connectivity index (χ2n) is 8.72. The number of anilines is 2. The summed E-state index contributed by atoms with van der Waals surface area (Å²) in [7, 11) is 0. The zero-order valence-electron chi connectivity index (χ0n) is 18.0. The van der Waals surface area contributed by atoms with Gasteiger partial charge in [0, 0.05) is 25.1 Å². The lowest BCUT2D eigenvalue weighted by Crippen LogP contribution is -2.39. The lowest BCUT2D eigenvalue weighted by atomic mass is 10.1. The predicted molar refractivity (Wildman–Crippen MR) is 128 cm³/mol. The van der Waals surface area contributed by atoms with Crippen molar-refractivity contribution in [1.29, 1.82) is 0 Å². The van der Waals surface area contributed by atoms with E-state index in [1.54, 1.807) is 0 Å². The molecule has 0 unspecified atom stereocenters. The Morgan fingerprint density at radius 1 is 1.15 bits per heavy atom. The van der Waals surface area contributed by atoms with Crippen LogP contribution in [0, 0.1) is 5.92 Å². The molecule has 11 heteroatoms. The number of rotatable bonds is 6. The van der Waals surface area contributed by atoms with Gasteiger partial charge in [-0.3, -0.25) is 9.78 Å². The smallest absolute Gasteiger partial charge is 0.264 e. The van der Waals surface area contributed by atoms with Gasteiger partial charge in [-0.1, -0.05) is 12.1 Å². The second kappa shape index (κ2) is 9.35. The first kappa shape index (κ1) is 22.2. The van der Waals surface area contributed by atoms with Crippen LogP contribution in [0.15, 0.2) is 29.1 Å². The molecule has 2 aromatic heterocycles. The highest BCUT2D eigenvalue weighted by Gasteiger charge is 2.41. The molecular weight excluding hydrogens is 444 g/mol. The van der Waals surface area contributed by atoms with Crippen molar-refractivity contribution in [3.63, 3.8) is 0 Å². The first-order chi connectivity index (χ1) is 16.0. The number of benzene rings is 1. The quantitative estimate of drug-likeness (QED) is 0.275. The number of aliphatic hydroxyl groups is 3. The predicted octanol–water partition coefficient (Wildman–Crippen LogP) is 0.725. The third-order valence-corrected chi connectivity index (χ3v) is 7.48. The molecule has 0 radical (unpaired) electrons. The number of thiazole rings is 1. The lowest BCUT2D eigenvalue weighted by Gasteiger charge is -2.25. The molecule has 2 aliphatic rings. The van der Waals surface area contributed by atoms with Gasteiger partial charge in [0.05, 0.1) is 22.4 Å². The van der Waals surface area contributed by atoms with Gasteiger partial charge in [0.15, 0.2) is 0 Å². The number of aromatic nitrogens is 3. The van der Waals surface area contributed by atoms with E-state index >= 15 is 0 Å². The summed E-state index contributed by atoms with van der Waals surface area (Å²) >= 11 is 1.39. The van der Waals surface area contributed by atoms with Gasteiger partial charge in [0.1, 0.15) is 22.5 Å². The Morgan fingerprint density at radius 3 is 2.73 bits per heavy atom. The summed E-state index contributed by atoms with van der Waals surface area (Å²) in [5.74, 6) is 0.183. The van der Waals surface area contributed by atoms with E-state index in [1.165, 1.54) is 11.3 Å². The van der Waals surface area contributed by atoms with E-state index in [9.17, 15) is 20.1 Å². The Morgan fingerprint density at radius 2 is 2.00 bits per heavy atom. The van der Waals surface area contributed by atoms with Crippen molar-refractivity contribution >= 4 is 33.3 Å². The first-order valence-corrected chi connectivity index (χ1v) is 12.1. The largest absolute Gasteiger partial charge is 0.396 e. The molecule has 0 spiro atoms. The summed E-state index contributed by atoms with van der Waals surface area (Å²) in [5, 5.41) is 40.6. The van der Waals surface area contributed by atoms with Crippen LogP contribution in [0.1, 0.15) is 19.3 Å². The van der Waals surface area contributed by atoms with Gasteiger partial charge in [0.2, 0.25) is 5.95 Å². The molecule has 0 bridgehead atoms. The van der Waals surface area contributed by atoms with Crippen molar-refractivity contribution in [1.82, 2.24) is 20.3 Å². The molecule has 3 heterocycles. The summed E-state index contributed by atoms with van der Waals surface area (Å²) in [6, 6.07) is 7.22. The number of nitrogens with one attached hydrogen (secondary N) is 4. The maximum absolute atomic E-state index is 13.2. The van der Waals surface area contributed by atoms with Crippen LogP contribution in [-0.4, -0.2) is 74.3 Å². The highest BCUT2D eigenvalue weighted by molar-refractivity contribution is 7.21. The fourth-order valence-electron chi connectivity index (χ4n) is 4.62. The Bertz CT molecular complexity index is 1140. The van der Waals surface area contributed by atoms with E-state index in [0.717, 1.165) is 36.1 Å². The number of H-pyrrole nitrogens is 1. The van der Waals surface area contributed by atoms with E-state index in [-0.39, 0.29) is 23.8 Å². The fourth-order valence-corrected chi connectivity index (χ4v) is 5.62. The number of para-hydroxylation sites is 1. The summed E-state index contributed by atoms with van der Waals surface area (Å²) in [6.45, 7) is 1.52. The SMILES string of the molecule is O=c1[nH]c(N[C@H]2CCCNC2)nc(N[C@@H]2C[C@H](CO)[C@@H](O)[C@H]2O)c1-c1nc2ccccc2s1. The maximum atomic E-state index is 13.2. The Balaban J connectivity index is 1.53. The molecule has 2 fully saturated rings. The molecule has 1 aliphatic carbocycles. The number of hydrogen-bond acceptors (Lipinski definition) is 10. The number of piperidine rings is 1. The molecular formula is C22H28N6O4S. The summed E-state index contributed by atoms with van der Waals surface area (Å²) in [5.41, 5.74) is 0.734. The van der Waals surface area contributed by atoms with Crippen molar-refractivity contribution in [2.24, 2.45) is 5.92 Å². The van der Waals surface area contributed by atoms with E-state index in [0.29, 0.717) is 23.2 Å². The summed E-state index contributed by atoms with van der Waals surface area (Å²) in [4.78, 5) is 25.4. The van der Waals surface area contributed by atoms with E-state index < -0.39 is 24.2 Å². The minimum Gasteiger partial charge on any atom is -0.396 e. The van der Waals surface area contributed by atoms with E-state index in [4.69, 9.17) is 0 Å².